The number of fused-ring (bicyclic) bond motifs is 1. The summed E-state index contributed by atoms with van der Waals surface area (Å²) in [6, 6.07) is 16.1. The first kappa shape index (κ1) is 19.6. The first-order valence-corrected chi connectivity index (χ1v) is 9.14. The predicted octanol–water partition coefficient (Wildman–Crippen LogP) is 5.28. The maximum atomic E-state index is 13.7. The van der Waals surface area contributed by atoms with Crippen molar-refractivity contribution >= 4 is 17.2 Å². The third-order valence-corrected chi connectivity index (χ3v) is 4.78. The standard InChI is InChI=1S/C22H17F3N4O/c1-13-8-9-16(10-14(13)2)26-21(30)18-12-20-27-17(15-6-4-3-5-7-15)11-19(22(23,24)25)29(20)28-18/h3-12H,1-2H3,(H,26,30). The highest BCUT2D eigenvalue weighted by atomic mass is 19.4. The maximum absolute atomic E-state index is 13.7. The van der Waals surface area contributed by atoms with E-state index in [1.54, 1.807) is 42.5 Å². The quantitative estimate of drug-likeness (QED) is 0.500. The maximum Gasteiger partial charge on any atom is 0.433 e. The summed E-state index contributed by atoms with van der Waals surface area (Å²) >= 11 is 0. The molecule has 1 amide bonds. The number of hydrogen-bond acceptors (Lipinski definition) is 3. The van der Waals surface area contributed by atoms with Crippen LogP contribution in [0, 0.1) is 13.8 Å². The monoisotopic (exact) mass is 410 g/mol. The molecule has 5 nitrogen and oxygen atoms in total. The lowest BCUT2D eigenvalue weighted by Gasteiger charge is -2.11. The Morgan fingerprint density at radius 3 is 2.37 bits per heavy atom. The first-order chi connectivity index (χ1) is 14.2. The Kier molecular flexibility index (Phi) is 4.77. The van der Waals surface area contributed by atoms with Crippen molar-refractivity contribution in [2.75, 3.05) is 5.32 Å². The number of carbonyl (C=O) groups is 1. The Morgan fingerprint density at radius 2 is 1.70 bits per heavy atom. The zero-order chi connectivity index (χ0) is 21.5. The predicted molar refractivity (Wildman–Crippen MR) is 107 cm³/mol. The van der Waals surface area contributed by atoms with Crippen LogP contribution in [0.2, 0.25) is 0 Å². The van der Waals surface area contributed by atoms with Crippen LogP contribution in [0.15, 0.2) is 60.7 Å². The summed E-state index contributed by atoms with van der Waals surface area (Å²) in [5, 5.41) is 6.54. The van der Waals surface area contributed by atoms with Gasteiger partial charge in [-0.15, -0.1) is 0 Å². The molecule has 2 aromatic carbocycles. The van der Waals surface area contributed by atoms with Crippen molar-refractivity contribution in [2.45, 2.75) is 20.0 Å². The molecule has 8 heteroatoms. The van der Waals surface area contributed by atoms with Crippen molar-refractivity contribution < 1.29 is 18.0 Å². The lowest BCUT2D eigenvalue weighted by Crippen LogP contribution is -2.15. The number of hydrogen-bond donors (Lipinski definition) is 1. The number of halogens is 3. The highest BCUT2D eigenvalue weighted by Crippen LogP contribution is 2.32. The first-order valence-electron chi connectivity index (χ1n) is 9.14. The molecule has 0 spiro atoms. The molecular formula is C22H17F3N4O. The molecule has 152 valence electrons. The number of aromatic nitrogens is 3. The summed E-state index contributed by atoms with van der Waals surface area (Å²) in [5.74, 6) is -0.613. The van der Waals surface area contributed by atoms with Gasteiger partial charge in [-0.25, -0.2) is 9.50 Å². The van der Waals surface area contributed by atoms with Crippen molar-refractivity contribution in [3.63, 3.8) is 0 Å². The topological polar surface area (TPSA) is 59.3 Å². The van der Waals surface area contributed by atoms with Crippen LogP contribution in [0.3, 0.4) is 0 Å². The van der Waals surface area contributed by atoms with Gasteiger partial charge in [0, 0.05) is 17.3 Å². The van der Waals surface area contributed by atoms with Gasteiger partial charge in [0.15, 0.2) is 17.0 Å². The molecule has 0 aliphatic rings. The van der Waals surface area contributed by atoms with E-state index in [0.29, 0.717) is 15.8 Å². The van der Waals surface area contributed by atoms with Crippen LogP contribution in [0.25, 0.3) is 16.9 Å². The summed E-state index contributed by atoms with van der Waals surface area (Å²) in [6.07, 6.45) is -4.67. The van der Waals surface area contributed by atoms with Gasteiger partial charge in [0.2, 0.25) is 0 Å². The second-order valence-electron chi connectivity index (χ2n) is 6.94. The SMILES string of the molecule is Cc1ccc(NC(=O)c2cc3nc(-c4ccccc4)cc(C(F)(F)F)n3n2)cc1C. The minimum absolute atomic E-state index is 0.0612. The van der Waals surface area contributed by atoms with Gasteiger partial charge in [-0.1, -0.05) is 36.4 Å². The number of nitrogens with one attached hydrogen (secondary N) is 1. The molecule has 0 saturated heterocycles. The Balaban J connectivity index is 1.77. The Labute approximate surface area is 170 Å². The number of aryl methyl sites for hydroxylation is 2. The van der Waals surface area contributed by atoms with Crippen molar-refractivity contribution in [1.82, 2.24) is 14.6 Å². The molecule has 0 unspecified atom stereocenters. The highest BCUT2D eigenvalue weighted by molar-refractivity contribution is 6.03. The van der Waals surface area contributed by atoms with E-state index in [1.807, 2.05) is 19.9 Å². The van der Waals surface area contributed by atoms with Crippen LogP contribution >= 0.6 is 0 Å². The summed E-state index contributed by atoms with van der Waals surface area (Å²) < 4.78 is 41.6. The molecule has 4 rings (SSSR count). The van der Waals surface area contributed by atoms with E-state index >= 15 is 0 Å². The van der Waals surface area contributed by atoms with E-state index in [4.69, 9.17) is 0 Å². The zero-order valence-electron chi connectivity index (χ0n) is 16.2. The number of nitrogens with zero attached hydrogens (tertiary/aromatic N) is 3. The summed E-state index contributed by atoms with van der Waals surface area (Å²) in [5.41, 5.74) is 2.05. The summed E-state index contributed by atoms with van der Waals surface area (Å²) in [6.45, 7) is 3.85. The molecule has 1 N–H and O–H groups in total. The smallest absolute Gasteiger partial charge is 0.321 e. The van der Waals surface area contributed by atoms with E-state index in [2.05, 4.69) is 15.4 Å². The normalized spacial score (nSPS) is 11.6. The van der Waals surface area contributed by atoms with E-state index in [-0.39, 0.29) is 17.0 Å². The largest absolute Gasteiger partial charge is 0.433 e. The lowest BCUT2D eigenvalue weighted by molar-refractivity contribution is -0.142. The third kappa shape index (κ3) is 3.76. The molecule has 4 aromatic rings. The van der Waals surface area contributed by atoms with Gasteiger partial charge in [-0.2, -0.15) is 18.3 Å². The number of benzene rings is 2. The summed E-state index contributed by atoms with van der Waals surface area (Å²) in [7, 11) is 0. The Bertz CT molecular complexity index is 1250. The van der Waals surface area contributed by atoms with Crippen LogP contribution in [0.1, 0.15) is 27.3 Å². The molecular weight excluding hydrogens is 393 g/mol. The second-order valence-corrected chi connectivity index (χ2v) is 6.94. The molecule has 0 radical (unpaired) electrons. The van der Waals surface area contributed by atoms with Crippen LogP contribution in [0.4, 0.5) is 18.9 Å². The van der Waals surface area contributed by atoms with Crippen molar-refractivity contribution in [1.29, 1.82) is 0 Å². The molecule has 0 bridgehead atoms. The molecule has 2 aromatic heterocycles. The van der Waals surface area contributed by atoms with Gasteiger partial charge in [0.25, 0.3) is 5.91 Å². The molecule has 0 saturated carbocycles. The fourth-order valence-electron chi connectivity index (χ4n) is 3.06. The zero-order valence-corrected chi connectivity index (χ0v) is 16.2. The van der Waals surface area contributed by atoms with E-state index in [0.717, 1.165) is 17.2 Å². The molecule has 0 fully saturated rings. The molecule has 2 heterocycles. The van der Waals surface area contributed by atoms with Crippen LogP contribution in [-0.2, 0) is 6.18 Å². The van der Waals surface area contributed by atoms with Gasteiger partial charge in [-0.3, -0.25) is 4.79 Å². The number of alkyl halides is 3. The van der Waals surface area contributed by atoms with Crippen molar-refractivity contribution in [3.8, 4) is 11.3 Å². The molecule has 0 aliphatic carbocycles. The number of amides is 1. The lowest BCUT2D eigenvalue weighted by atomic mass is 10.1. The van der Waals surface area contributed by atoms with Crippen LogP contribution in [0.5, 0.6) is 0 Å². The molecule has 30 heavy (non-hydrogen) atoms. The van der Waals surface area contributed by atoms with Crippen LogP contribution in [-0.4, -0.2) is 20.5 Å². The average Bonchev–Trinajstić information content (AvgIpc) is 3.14. The van der Waals surface area contributed by atoms with Gasteiger partial charge >= 0.3 is 6.18 Å². The molecule has 0 aliphatic heterocycles. The third-order valence-electron chi connectivity index (χ3n) is 4.78. The van der Waals surface area contributed by atoms with Crippen LogP contribution < -0.4 is 5.32 Å². The number of anilines is 1. The van der Waals surface area contributed by atoms with Gasteiger partial charge < -0.3 is 5.32 Å². The van der Waals surface area contributed by atoms with Crippen molar-refractivity contribution in [2.24, 2.45) is 0 Å². The van der Waals surface area contributed by atoms with Crippen molar-refractivity contribution in [3.05, 3.63) is 83.2 Å². The minimum atomic E-state index is -4.67. The van der Waals surface area contributed by atoms with E-state index in [9.17, 15) is 18.0 Å². The number of carbonyl (C=O) groups excluding carboxylic acids is 1. The fourth-order valence-corrected chi connectivity index (χ4v) is 3.06. The fraction of sp³-hybridized carbons (Fsp3) is 0.136. The Morgan fingerprint density at radius 1 is 0.967 bits per heavy atom. The number of rotatable bonds is 3. The minimum Gasteiger partial charge on any atom is -0.321 e. The van der Waals surface area contributed by atoms with E-state index in [1.165, 1.54) is 6.07 Å². The van der Waals surface area contributed by atoms with E-state index < -0.39 is 17.8 Å². The Hall–Kier alpha value is -3.68. The summed E-state index contributed by atoms with van der Waals surface area (Å²) in [4.78, 5) is 16.9. The van der Waals surface area contributed by atoms with Gasteiger partial charge in [0.05, 0.1) is 5.69 Å². The second kappa shape index (κ2) is 7.29. The highest BCUT2D eigenvalue weighted by Gasteiger charge is 2.35. The van der Waals surface area contributed by atoms with Gasteiger partial charge in [-0.05, 0) is 43.2 Å². The van der Waals surface area contributed by atoms with Gasteiger partial charge in [0.1, 0.15) is 0 Å². The average molecular weight is 410 g/mol. The molecule has 0 atom stereocenters.